The van der Waals surface area contributed by atoms with Crippen LogP contribution >= 0.6 is 50.7 Å². The van der Waals surface area contributed by atoms with E-state index in [4.69, 9.17) is 39.5 Å². The van der Waals surface area contributed by atoms with Gasteiger partial charge in [-0.2, -0.15) is 0 Å². The molecule has 2 aromatic rings. The highest BCUT2D eigenvalue weighted by molar-refractivity contribution is 9.10. The van der Waals surface area contributed by atoms with Crippen LogP contribution in [-0.4, -0.2) is 12.5 Å². The summed E-state index contributed by atoms with van der Waals surface area (Å²) in [4.78, 5) is 11.9. The lowest BCUT2D eigenvalue weighted by Gasteiger charge is -2.11. The summed E-state index contributed by atoms with van der Waals surface area (Å²) in [6, 6.07) is 10.2. The molecule has 2 aromatic carbocycles. The largest absolute Gasteiger partial charge is 0.484 e. The average Bonchev–Trinajstić information content (AvgIpc) is 2.40. The second kappa shape index (κ2) is 7.36. The number of nitrogens with one attached hydrogen (secondary N) is 1. The Morgan fingerprint density at radius 1 is 1.14 bits per heavy atom. The van der Waals surface area contributed by atoms with E-state index < -0.39 is 0 Å². The van der Waals surface area contributed by atoms with Crippen LogP contribution in [0.15, 0.2) is 40.9 Å². The minimum atomic E-state index is -0.374. The van der Waals surface area contributed by atoms with Crippen LogP contribution in [-0.2, 0) is 4.79 Å². The maximum atomic E-state index is 11.9. The molecular weight excluding hydrogens is 400 g/mol. The van der Waals surface area contributed by atoms with Gasteiger partial charge in [0.05, 0.1) is 15.7 Å². The Morgan fingerprint density at radius 2 is 1.81 bits per heavy atom. The molecule has 0 bridgehead atoms. The quantitative estimate of drug-likeness (QED) is 0.732. The van der Waals surface area contributed by atoms with Crippen LogP contribution in [0.5, 0.6) is 5.75 Å². The lowest BCUT2D eigenvalue weighted by Crippen LogP contribution is -2.20. The maximum absolute atomic E-state index is 11.9. The van der Waals surface area contributed by atoms with E-state index in [1.807, 2.05) is 12.1 Å². The van der Waals surface area contributed by atoms with Crippen molar-refractivity contribution >= 4 is 62.3 Å². The van der Waals surface area contributed by atoms with Crippen molar-refractivity contribution in [3.63, 3.8) is 0 Å². The number of benzene rings is 2. The van der Waals surface area contributed by atoms with E-state index in [-0.39, 0.29) is 22.6 Å². The Hall–Kier alpha value is -0.940. The van der Waals surface area contributed by atoms with Gasteiger partial charge >= 0.3 is 0 Å². The van der Waals surface area contributed by atoms with Crippen molar-refractivity contribution < 1.29 is 9.53 Å². The first-order chi connectivity index (χ1) is 9.95. The van der Waals surface area contributed by atoms with Gasteiger partial charge in [0, 0.05) is 9.50 Å². The van der Waals surface area contributed by atoms with Gasteiger partial charge in [-0.1, -0.05) is 56.8 Å². The fourth-order valence-electron chi connectivity index (χ4n) is 1.54. The maximum Gasteiger partial charge on any atom is 0.262 e. The molecule has 21 heavy (non-hydrogen) atoms. The first-order valence-corrected chi connectivity index (χ1v) is 7.71. The Morgan fingerprint density at radius 3 is 2.43 bits per heavy atom. The summed E-state index contributed by atoms with van der Waals surface area (Å²) in [6.45, 7) is -0.161. The molecule has 0 unspecified atom stereocenters. The van der Waals surface area contributed by atoms with E-state index in [1.165, 1.54) is 12.1 Å². The van der Waals surface area contributed by atoms with Crippen molar-refractivity contribution in [3.8, 4) is 5.75 Å². The number of anilines is 1. The number of hydrogen-bond donors (Lipinski definition) is 1. The van der Waals surface area contributed by atoms with Gasteiger partial charge in [0.25, 0.3) is 5.91 Å². The molecule has 1 N–H and O–H groups in total. The molecule has 0 heterocycles. The van der Waals surface area contributed by atoms with Crippen LogP contribution in [0.3, 0.4) is 0 Å². The molecule has 0 saturated heterocycles. The molecule has 0 atom stereocenters. The first-order valence-electron chi connectivity index (χ1n) is 5.78. The fraction of sp³-hybridized carbons (Fsp3) is 0.0714. The Kier molecular flexibility index (Phi) is 5.76. The Bertz CT molecular complexity index is 656. The van der Waals surface area contributed by atoms with E-state index >= 15 is 0 Å². The van der Waals surface area contributed by atoms with Crippen LogP contribution in [0.25, 0.3) is 0 Å². The molecule has 1 amide bonds. The zero-order valence-electron chi connectivity index (χ0n) is 10.5. The highest BCUT2D eigenvalue weighted by Gasteiger charge is 2.11. The normalized spacial score (nSPS) is 10.3. The molecule has 3 nitrogen and oxygen atoms in total. The molecule has 0 spiro atoms. The van der Waals surface area contributed by atoms with E-state index in [2.05, 4.69) is 21.2 Å². The minimum absolute atomic E-state index is 0.161. The summed E-state index contributed by atoms with van der Waals surface area (Å²) in [7, 11) is 0. The van der Waals surface area contributed by atoms with Gasteiger partial charge in [-0.25, -0.2) is 0 Å². The number of halogens is 4. The highest BCUT2D eigenvalue weighted by Crippen LogP contribution is 2.33. The van der Waals surface area contributed by atoms with Gasteiger partial charge in [0.15, 0.2) is 6.61 Å². The molecule has 0 saturated carbocycles. The summed E-state index contributed by atoms with van der Waals surface area (Å²) >= 11 is 21.1. The summed E-state index contributed by atoms with van der Waals surface area (Å²) in [5.74, 6) is 0.203. The lowest BCUT2D eigenvalue weighted by molar-refractivity contribution is -0.118. The summed E-state index contributed by atoms with van der Waals surface area (Å²) in [6.07, 6.45) is 0. The van der Waals surface area contributed by atoms with E-state index in [9.17, 15) is 4.79 Å². The fourth-order valence-corrected chi connectivity index (χ4v) is 2.83. The second-order valence-electron chi connectivity index (χ2n) is 4.04. The van der Waals surface area contributed by atoms with Crippen molar-refractivity contribution in [2.45, 2.75) is 0 Å². The lowest BCUT2D eigenvalue weighted by atomic mass is 10.3. The third-order valence-corrected chi connectivity index (χ3v) is 3.74. The molecule has 0 aliphatic heterocycles. The summed E-state index contributed by atoms with van der Waals surface area (Å²) < 4.78 is 6.24. The Balaban J connectivity index is 1.99. The molecule has 0 aliphatic carbocycles. The first kappa shape index (κ1) is 16.4. The van der Waals surface area contributed by atoms with Crippen molar-refractivity contribution in [3.05, 3.63) is 55.9 Å². The van der Waals surface area contributed by atoms with Crippen LogP contribution < -0.4 is 10.1 Å². The Labute approximate surface area is 145 Å². The number of hydrogen-bond acceptors (Lipinski definition) is 2. The van der Waals surface area contributed by atoms with Crippen LogP contribution in [0.1, 0.15) is 0 Å². The molecule has 0 radical (unpaired) electrons. The van der Waals surface area contributed by atoms with Crippen molar-refractivity contribution in [2.75, 3.05) is 11.9 Å². The molecule has 0 fully saturated rings. The third-order valence-electron chi connectivity index (χ3n) is 2.44. The van der Waals surface area contributed by atoms with Gasteiger partial charge in [-0.05, 0) is 30.3 Å². The molecule has 110 valence electrons. The van der Waals surface area contributed by atoms with Gasteiger partial charge in [0.1, 0.15) is 5.75 Å². The monoisotopic (exact) mass is 407 g/mol. The highest BCUT2D eigenvalue weighted by atomic mass is 79.9. The predicted octanol–water partition coefficient (Wildman–Crippen LogP) is 5.43. The topological polar surface area (TPSA) is 38.3 Å². The number of rotatable bonds is 4. The minimum Gasteiger partial charge on any atom is -0.484 e. The van der Waals surface area contributed by atoms with Crippen LogP contribution in [0.4, 0.5) is 5.69 Å². The third kappa shape index (κ3) is 4.78. The smallest absolute Gasteiger partial charge is 0.262 e. The molecule has 0 aliphatic rings. The van der Waals surface area contributed by atoms with Gasteiger partial charge < -0.3 is 10.1 Å². The zero-order chi connectivity index (χ0) is 15.4. The summed E-state index contributed by atoms with van der Waals surface area (Å²) in [5.41, 5.74) is 0.311. The standard InChI is InChI=1S/C14H9BrCl3NO2/c15-8-2-1-3-10(4-8)21-7-13(20)19-14-11(17)5-9(16)6-12(14)18/h1-6H,7H2,(H,19,20). The SMILES string of the molecule is O=C(COc1cccc(Br)c1)Nc1c(Cl)cc(Cl)cc1Cl. The van der Waals surface area contributed by atoms with Crippen molar-refractivity contribution in [1.29, 1.82) is 0 Å². The van der Waals surface area contributed by atoms with Gasteiger partial charge in [0.2, 0.25) is 0 Å². The van der Waals surface area contributed by atoms with Crippen molar-refractivity contribution in [2.24, 2.45) is 0 Å². The number of amides is 1. The van der Waals surface area contributed by atoms with E-state index in [0.29, 0.717) is 16.5 Å². The predicted molar refractivity (Wildman–Crippen MR) is 89.7 cm³/mol. The van der Waals surface area contributed by atoms with Crippen LogP contribution in [0.2, 0.25) is 15.1 Å². The molecule has 0 aromatic heterocycles. The number of carbonyl (C=O) groups is 1. The second-order valence-corrected chi connectivity index (χ2v) is 6.21. The molecule has 2 rings (SSSR count). The van der Waals surface area contributed by atoms with Gasteiger partial charge in [-0.3, -0.25) is 4.79 Å². The van der Waals surface area contributed by atoms with E-state index in [0.717, 1.165) is 4.47 Å². The van der Waals surface area contributed by atoms with Crippen LogP contribution in [0, 0.1) is 0 Å². The number of ether oxygens (including phenoxy) is 1. The average molecular weight is 409 g/mol. The zero-order valence-corrected chi connectivity index (χ0v) is 14.4. The number of carbonyl (C=O) groups excluding carboxylic acids is 1. The molecule has 7 heteroatoms. The summed E-state index contributed by atoms with van der Waals surface area (Å²) in [5, 5.41) is 3.52. The van der Waals surface area contributed by atoms with Gasteiger partial charge in [-0.15, -0.1) is 0 Å². The van der Waals surface area contributed by atoms with E-state index in [1.54, 1.807) is 12.1 Å². The van der Waals surface area contributed by atoms with Crippen molar-refractivity contribution in [1.82, 2.24) is 0 Å². The molecular formula is C14H9BrCl3NO2.